The zero-order valence-corrected chi connectivity index (χ0v) is 14.8. The largest absolute Gasteiger partial charge is 0.365 e. The first-order valence-electron chi connectivity index (χ1n) is 7.78. The van der Waals surface area contributed by atoms with Crippen molar-refractivity contribution >= 4 is 29.0 Å². The fraction of sp³-hybridized carbons (Fsp3) is 0.412. The van der Waals surface area contributed by atoms with Crippen LogP contribution in [0.2, 0.25) is 10.0 Å². The topological polar surface area (TPSA) is 41.0 Å². The molecular weight excluding hydrogens is 331 g/mol. The van der Waals surface area contributed by atoms with E-state index in [2.05, 4.69) is 27.5 Å². The van der Waals surface area contributed by atoms with Crippen LogP contribution in [0.3, 0.4) is 0 Å². The van der Waals surface area contributed by atoms with Gasteiger partial charge in [0.2, 0.25) is 0 Å². The number of nitrogens with zero attached hydrogens (tertiary/aromatic N) is 3. The fourth-order valence-corrected chi connectivity index (χ4v) is 3.49. The van der Waals surface area contributed by atoms with Crippen molar-refractivity contribution in [2.24, 2.45) is 0 Å². The SMILES string of the molecule is Cc1cc(N[C@@H]2CCCN(C)C2)nnc1-c1ccc(Cl)cc1Cl. The molecule has 1 fully saturated rings. The molecule has 0 radical (unpaired) electrons. The lowest BCUT2D eigenvalue weighted by atomic mass is 10.1. The van der Waals surface area contributed by atoms with Gasteiger partial charge in [0.1, 0.15) is 5.82 Å². The van der Waals surface area contributed by atoms with Crippen LogP contribution in [0.25, 0.3) is 11.3 Å². The van der Waals surface area contributed by atoms with Gasteiger partial charge in [0.15, 0.2) is 0 Å². The van der Waals surface area contributed by atoms with E-state index in [4.69, 9.17) is 23.2 Å². The summed E-state index contributed by atoms with van der Waals surface area (Å²) < 4.78 is 0. The third kappa shape index (κ3) is 3.94. The van der Waals surface area contributed by atoms with Crippen molar-refractivity contribution in [3.63, 3.8) is 0 Å². The summed E-state index contributed by atoms with van der Waals surface area (Å²) in [6.45, 7) is 4.22. The van der Waals surface area contributed by atoms with E-state index in [0.717, 1.165) is 42.1 Å². The summed E-state index contributed by atoms with van der Waals surface area (Å²) >= 11 is 12.2. The number of likely N-dealkylation sites (tertiary alicyclic amines) is 1. The molecule has 0 spiro atoms. The summed E-state index contributed by atoms with van der Waals surface area (Å²) in [6.07, 6.45) is 2.37. The third-order valence-electron chi connectivity index (χ3n) is 4.15. The highest BCUT2D eigenvalue weighted by atomic mass is 35.5. The number of aryl methyl sites for hydroxylation is 1. The Morgan fingerprint density at radius 2 is 2.04 bits per heavy atom. The van der Waals surface area contributed by atoms with Gasteiger partial charge in [-0.1, -0.05) is 23.2 Å². The van der Waals surface area contributed by atoms with Gasteiger partial charge in [-0.25, -0.2) is 0 Å². The Kier molecular flexibility index (Phi) is 5.05. The van der Waals surface area contributed by atoms with E-state index in [1.807, 2.05) is 25.1 Å². The van der Waals surface area contributed by atoms with E-state index in [0.29, 0.717) is 16.1 Å². The summed E-state index contributed by atoms with van der Waals surface area (Å²) in [4.78, 5) is 2.34. The molecule has 0 unspecified atom stereocenters. The zero-order chi connectivity index (χ0) is 16.4. The predicted octanol–water partition coefficient (Wildman–Crippen LogP) is 4.26. The maximum absolute atomic E-state index is 6.27. The van der Waals surface area contributed by atoms with E-state index in [1.165, 1.54) is 6.42 Å². The lowest BCUT2D eigenvalue weighted by Crippen LogP contribution is -2.39. The number of rotatable bonds is 3. The molecule has 0 saturated carbocycles. The molecule has 6 heteroatoms. The molecule has 2 heterocycles. The molecule has 1 aliphatic heterocycles. The van der Waals surface area contributed by atoms with Gasteiger partial charge in [-0.05, 0) is 63.2 Å². The third-order valence-corrected chi connectivity index (χ3v) is 4.70. The van der Waals surface area contributed by atoms with Gasteiger partial charge in [-0.3, -0.25) is 0 Å². The average molecular weight is 351 g/mol. The van der Waals surface area contributed by atoms with Crippen LogP contribution in [0.5, 0.6) is 0 Å². The second-order valence-electron chi connectivity index (χ2n) is 6.13. The molecule has 3 rings (SSSR count). The number of aromatic nitrogens is 2. The number of benzene rings is 1. The van der Waals surface area contributed by atoms with Crippen LogP contribution in [0.4, 0.5) is 5.82 Å². The molecule has 1 atom stereocenters. The van der Waals surface area contributed by atoms with Crippen LogP contribution in [0.15, 0.2) is 24.3 Å². The maximum Gasteiger partial charge on any atom is 0.149 e. The second kappa shape index (κ2) is 7.04. The van der Waals surface area contributed by atoms with E-state index in [9.17, 15) is 0 Å². The summed E-state index contributed by atoms with van der Waals surface area (Å²) in [7, 11) is 2.15. The van der Waals surface area contributed by atoms with Gasteiger partial charge in [-0.15, -0.1) is 10.2 Å². The molecule has 1 aromatic heterocycles. The normalized spacial score (nSPS) is 18.9. The lowest BCUT2D eigenvalue weighted by Gasteiger charge is -2.30. The first kappa shape index (κ1) is 16.5. The van der Waals surface area contributed by atoms with Gasteiger partial charge >= 0.3 is 0 Å². The number of nitrogens with one attached hydrogen (secondary N) is 1. The average Bonchev–Trinajstić information content (AvgIpc) is 2.48. The van der Waals surface area contributed by atoms with Gasteiger partial charge in [0.25, 0.3) is 0 Å². The predicted molar refractivity (Wildman–Crippen MR) is 96.4 cm³/mol. The molecule has 2 aromatic rings. The van der Waals surface area contributed by atoms with Crippen LogP contribution in [-0.2, 0) is 0 Å². The summed E-state index contributed by atoms with van der Waals surface area (Å²) in [5.41, 5.74) is 2.68. The molecule has 122 valence electrons. The van der Waals surface area contributed by atoms with Crippen molar-refractivity contribution in [2.75, 3.05) is 25.5 Å². The number of halogens is 2. The van der Waals surface area contributed by atoms with Crippen molar-refractivity contribution < 1.29 is 0 Å². The van der Waals surface area contributed by atoms with E-state index in [1.54, 1.807) is 6.07 Å². The van der Waals surface area contributed by atoms with Crippen LogP contribution in [0.1, 0.15) is 18.4 Å². The molecule has 0 aliphatic carbocycles. The second-order valence-corrected chi connectivity index (χ2v) is 6.97. The molecule has 0 amide bonds. The Hall–Kier alpha value is -1.36. The Morgan fingerprint density at radius 1 is 1.22 bits per heavy atom. The van der Waals surface area contributed by atoms with Crippen LogP contribution < -0.4 is 5.32 Å². The Morgan fingerprint density at radius 3 is 2.74 bits per heavy atom. The number of hydrogen-bond acceptors (Lipinski definition) is 4. The summed E-state index contributed by atoms with van der Waals surface area (Å²) in [5.74, 6) is 0.816. The van der Waals surface area contributed by atoms with Crippen molar-refractivity contribution in [2.45, 2.75) is 25.8 Å². The first-order valence-corrected chi connectivity index (χ1v) is 8.53. The Labute approximate surface area is 146 Å². The molecule has 0 bridgehead atoms. The van der Waals surface area contributed by atoms with Crippen molar-refractivity contribution in [3.8, 4) is 11.3 Å². The summed E-state index contributed by atoms with van der Waals surface area (Å²) in [6, 6.07) is 7.87. The number of piperidine rings is 1. The fourth-order valence-electron chi connectivity index (χ4n) is 3.00. The highest BCUT2D eigenvalue weighted by molar-refractivity contribution is 6.36. The van der Waals surface area contributed by atoms with E-state index >= 15 is 0 Å². The number of likely N-dealkylation sites (N-methyl/N-ethyl adjacent to an activating group) is 1. The highest BCUT2D eigenvalue weighted by Gasteiger charge is 2.18. The van der Waals surface area contributed by atoms with Crippen molar-refractivity contribution in [1.82, 2.24) is 15.1 Å². The minimum Gasteiger partial charge on any atom is -0.365 e. The first-order chi connectivity index (χ1) is 11.0. The van der Waals surface area contributed by atoms with Gasteiger partial charge < -0.3 is 10.2 Å². The molecule has 23 heavy (non-hydrogen) atoms. The van der Waals surface area contributed by atoms with E-state index in [-0.39, 0.29) is 0 Å². The summed E-state index contributed by atoms with van der Waals surface area (Å²) in [5, 5.41) is 13.4. The molecule has 1 saturated heterocycles. The van der Waals surface area contributed by atoms with Gasteiger partial charge in [0.05, 0.1) is 10.7 Å². The Balaban J connectivity index is 1.80. The highest BCUT2D eigenvalue weighted by Crippen LogP contribution is 2.31. The van der Waals surface area contributed by atoms with Crippen molar-refractivity contribution in [1.29, 1.82) is 0 Å². The molecular formula is C17H20Cl2N4. The lowest BCUT2D eigenvalue weighted by molar-refractivity contribution is 0.260. The Bertz CT molecular complexity index is 705. The van der Waals surface area contributed by atoms with Gasteiger partial charge in [0, 0.05) is 23.2 Å². The molecule has 4 nitrogen and oxygen atoms in total. The smallest absolute Gasteiger partial charge is 0.149 e. The minimum atomic E-state index is 0.424. The minimum absolute atomic E-state index is 0.424. The number of anilines is 1. The maximum atomic E-state index is 6.27. The van der Waals surface area contributed by atoms with Crippen LogP contribution in [-0.4, -0.2) is 41.3 Å². The molecule has 1 N–H and O–H groups in total. The van der Waals surface area contributed by atoms with Crippen LogP contribution in [0, 0.1) is 6.92 Å². The monoisotopic (exact) mass is 350 g/mol. The van der Waals surface area contributed by atoms with Gasteiger partial charge in [-0.2, -0.15) is 0 Å². The van der Waals surface area contributed by atoms with Crippen molar-refractivity contribution in [3.05, 3.63) is 39.9 Å². The zero-order valence-electron chi connectivity index (χ0n) is 13.3. The molecule has 1 aromatic carbocycles. The quantitative estimate of drug-likeness (QED) is 0.897. The van der Waals surface area contributed by atoms with Crippen LogP contribution >= 0.6 is 23.2 Å². The number of hydrogen-bond donors (Lipinski definition) is 1. The van der Waals surface area contributed by atoms with E-state index < -0.39 is 0 Å². The molecule has 1 aliphatic rings. The standard InChI is InChI=1S/C17H20Cl2N4/c1-11-8-16(20-13-4-3-7-23(2)10-13)21-22-17(11)14-6-5-12(18)9-15(14)19/h5-6,8-9,13H,3-4,7,10H2,1-2H3,(H,20,21)/t13-/m1/s1.